The molecular formula is C18H16ClN5O3. The highest BCUT2D eigenvalue weighted by Gasteiger charge is 2.13. The van der Waals surface area contributed by atoms with Crippen molar-refractivity contribution in [1.29, 1.82) is 0 Å². The third-order valence-corrected chi connectivity index (χ3v) is 3.99. The summed E-state index contributed by atoms with van der Waals surface area (Å²) in [5.74, 6) is -0.459. The summed E-state index contributed by atoms with van der Waals surface area (Å²) in [6.45, 7) is 1.69. The van der Waals surface area contributed by atoms with Crippen LogP contribution in [-0.4, -0.2) is 39.2 Å². The summed E-state index contributed by atoms with van der Waals surface area (Å²) >= 11 is 5.96. The van der Waals surface area contributed by atoms with Crippen molar-refractivity contribution in [3.8, 4) is 11.4 Å². The first-order valence-electron chi connectivity index (χ1n) is 7.99. The maximum absolute atomic E-state index is 12.3. The highest BCUT2D eigenvalue weighted by Crippen LogP contribution is 2.19. The first-order chi connectivity index (χ1) is 13.0. The summed E-state index contributed by atoms with van der Waals surface area (Å²) < 4.78 is 4.69. The zero-order chi connectivity index (χ0) is 19.4. The SMILES string of the molecule is COC(=O)c1ccc(C)c(NC(=O)Cn2nnc(-c3cccc(Cl)c3)n2)c1. The van der Waals surface area contributed by atoms with Gasteiger partial charge in [0.15, 0.2) is 0 Å². The molecule has 1 amide bonds. The van der Waals surface area contributed by atoms with Gasteiger partial charge in [0, 0.05) is 16.3 Å². The molecule has 2 aromatic carbocycles. The van der Waals surface area contributed by atoms with E-state index in [1.54, 1.807) is 42.5 Å². The van der Waals surface area contributed by atoms with E-state index in [1.165, 1.54) is 11.9 Å². The number of methoxy groups -OCH3 is 1. The molecule has 0 aliphatic heterocycles. The lowest BCUT2D eigenvalue weighted by Crippen LogP contribution is -2.21. The van der Waals surface area contributed by atoms with Crippen LogP contribution >= 0.6 is 11.6 Å². The fraction of sp³-hybridized carbons (Fsp3) is 0.167. The molecule has 3 rings (SSSR count). The number of halogens is 1. The normalized spacial score (nSPS) is 10.5. The summed E-state index contributed by atoms with van der Waals surface area (Å²) in [7, 11) is 1.30. The van der Waals surface area contributed by atoms with Crippen LogP contribution in [0, 0.1) is 6.92 Å². The molecule has 0 bridgehead atoms. The zero-order valence-electron chi connectivity index (χ0n) is 14.6. The van der Waals surface area contributed by atoms with Crippen molar-refractivity contribution in [3.63, 3.8) is 0 Å². The Hall–Kier alpha value is -3.26. The van der Waals surface area contributed by atoms with Crippen molar-refractivity contribution in [2.45, 2.75) is 13.5 Å². The minimum absolute atomic E-state index is 0.130. The number of tetrazole rings is 1. The molecule has 0 radical (unpaired) electrons. The van der Waals surface area contributed by atoms with Gasteiger partial charge in [-0.05, 0) is 42.0 Å². The van der Waals surface area contributed by atoms with E-state index in [1.807, 2.05) is 6.92 Å². The number of ether oxygens (including phenoxy) is 1. The molecule has 0 aliphatic carbocycles. The molecule has 8 nitrogen and oxygen atoms in total. The van der Waals surface area contributed by atoms with Crippen molar-refractivity contribution in [1.82, 2.24) is 20.2 Å². The lowest BCUT2D eigenvalue weighted by Gasteiger charge is -2.09. The van der Waals surface area contributed by atoms with Gasteiger partial charge in [-0.15, -0.1) is 10.2 Å². The van der Waals surface area contributed by atoms with E-state index in [9.17, 15) is 9.59 Å². The quantitative estimate of drug-likeness (QED) is 0.678. The second-order valence-corrected chi connectivity index (χ2v) is 6.16. The molecule has 1 heterocycles. The van der Waals surface area contributed by atoms with E-state index in [0.717, 1.165) is 5.56 Å². The number of hydrogen-bond acceptors (Lipinski definition) is 6. The number of carbonyl (C=O) groups excluding carboxylic acids is 2. The highest BCUT2D eigenvalue weighted by atomic mass is 35.5. The number of rotatable bonds is 5. The van der Waals surface area contributed by atoms with Crippen LogP contribution in [0.1, 0.15) is 15.9 Å². The topological polar surface area (TPSA) is 99.0 Å². The van der Waals surface area contributed by atoms with Gasteiger partial charge in [-0.2, -0.15) is 4.80 Å². The van der Waals surface area contributed by atoms with Gasteiger partial charge in [0.25, 0.3) is 0 Å². The summed E-state index contributed by atoms with van der Waals surface area (Å²) in [5.41, 5.74) is 2.37. The van der Waals surface area contributed by atoms with E-state index in [4.69, 9.17) is 16.3 Å². The lowest BCUT2D eigenvalue weighted by molar-refractivity contribution is -0.117. The molecule has 3 aromatic rings. The van der Waals surface area contributed by atoms with Crippen LogP contribution in [0.5, 0.6) is 0 Å². The molecule has 9 heteroatoms. The monoisotopic (exact) mass is 385 g/mol. The number of amides is 1. The van der Waals surface area contributed by atoms with Crippen LogP contribution in [0.15, 0.2) is 42.5 Å². The standard InChI is InChI=1S/C18H16ClN5O3/c1-11-6-7-13(18(26)27-2)9-15(11)20-16(25)10-24-22-17(21-23-24)12-4-3-5-14(19)8-12/h3-9H,10H2,1-2H3,(H,20,25). The Morgan fingerprint density at radius 2 is 2.04 bits per heavy atom. The number of carbonyl (C=O) groups is 2. The van der Waals surface area contributed by atoms with Crippen molar-refractivity contribution in [2.24, 2.45) is 0 Å². The predicted octanol–water partition coefficient (Wildman–Crippen LogP) is 2.73. The minimum atomic E-state index is -0.477. The molecule has 27 heavy (non-hydrogen) atoms. The van der Waals surface area contributed by atoms with Gasteiger partial charge in [-0.1, -0.05) is 29.8 Å². The Morgan fingerprint density at radius 1 is 1.22 bits per heavy atom. The van der Waals surface area contributed by atoms with Crippen molar-refractivity contribution >= 4 is 29.2 Å². The highest BCUT2D eigenvalue weighted by molar-refractivity contribution is 6.30. The van der Waals surface area contributed by atoms with Gasteiger partial charge >= 0.3 is 5.97 Å². The first-order valence-corrected chi connectivity index (χ1v) is 8.36. The zero-order valence-corrected chi connectivity index (χ0v) is 15.4. The van der Waals surface area contributed by atoms with Crippen molar-refractivity contribution in [3.05, 3.63) is 58.6 Å². The second-order valence-electron chi connectivity index (χ2n) is 5.72. The van der Waals surface area contributed by atoms with E-state index < -0.39 is 5.97 Å². The number of aryl methyl sites for hydroxylation is 1. The Labute approximate surface area is 160 Å². The number of nitrogens with zero attached hydrogens (tertiary/aromatic N) is 4. The molecule has 0 saturated carbocycles. The average Bonchev–Trinajstić information content (AvgIpc) is 3.11. The number of anilines is 1. The van der Waals surface area contributed by atoms with Crippen LogP contribution in [0.4, 0.5) is 5.69 Å². The summed E-state index contributed by atoms with van der Waals surface area (Å²) in [4.78, 5) is 25.1. The molecule has 0 aliphatic rings. The average molecular weight is 386 g/mol. The lowest BCUT2D eigenvalue weighted by atomic mass is 10.1. The van der Waals surface area contributed by atoms with Crippen LogP contribution in [0.3, 0.4) is 0 Å². The van der Waals surface area contributed by atoms with E-state index in [0.29, 0.717) is 27.7 Å². The van der Waals surface area contributed by atoms with Crippen molar-refractivity contribution in [2.75, 3.05) is 12.4 Å². The maximum Gasteiger partial charge on any atom is 0.337 e. The number of hydrogen-bond donors (Lipinski definition) is 1. The van der Waals surface area contributed by atoms with Crippen LogP contribution in [-0.2, 0) is 16.1 Å². The predicted molar refractivity (Wildman–Crippen MR) is 99.4 cm³/mol. The van der Waals surface area contributed by atoms with E-state index in [2.05, 4.69) is 20.7 Å². The Balaban J connectivity index is 1.71. The molecule has 0 unspecified atom stereocenters. The summed E-state index contributed by atoms with van der Waals surface area (Å²) in [6, 6.07) is 12.0. The summed E-state index contributed by atoms with van der Waals surface area (Å²) in [5, 5.41) is 15.3. The number of aromatic nitrogens is 4. The van der Waals surface area contributed by atoms with Gasteiger partial charge in [-0.3, -0.25) is 4.79 Å². The summed E-state index contributed by atoms with van der Waals surface area (Å²) in [6.07, 6.45) is 0. The molecule has 138 valence electrons. The molecule has 1 aromatic heterocycles. The Kier molecular flexibility index (Phi) is 5.46. The molecule has 0 fully saturated rings. The molecule has 0 saturated heterocycles. The minimum Gasteiger partial charge on any atom is -0.465 e. The third-order valence-electron chi connectivity index (χ3n) is 3.75. The van der Waals surface area contributed by atoms with Crippen LogP contribution in [0.25, 0.3) is 11.4 Å². The van der Waals surface area contributed by atoms with E-state index in [-0.39, 0.29) is 12.5 Å². The maximum atomic E-state index is 12.3. The van der Waals surface area contributed by atoms with Gasteiger partial charge < -0.3 is 10.1 Å². The molecular weight excluding hydrogens is 370 g/mol. The fourth-order valence-electron chi connectivity index (χ4n) is 2.37. The van der Waals surface area contributed by atoms with Gasteiger partial charge in [-0.25, -0.2) is 4.79 Å². The van der Waals surface area contributed by atoms with Crippen molar-refractivity contribution < 1.29 is 14.3 Å². The Morgan fingerprint density at radius 3 is 2.78 bits per heavy atom. The smallest absolute Gasteiger partial charge is 0.337 e. The van der Waals surface area contributed by atoms with Crippen LogP contribution < -0.4 is 5.32 Å². The van der Waals surface area contributed by atoms with Gasteiger partial charge in [0.05, 0.1) is 12.7 Å². The molecule has 0 spiro atoms. The molecule has 1 N–H and O–H groups in total. The Bertz CT molecular complexity index is 1000. The number of nitrogens with one attached hydrogen (secondary N) is 1. The molecule has 0 atom stereocenters. The van der Waals surface area contributed by atoms with Crippen LogP contribution in [0.2, 0.25) is 5.02 Å². The number of esters is 1. The largest absolute Gasteiger partial charge is 0.465 e. The van der Waals surface area contributed by atoms with Gasteiger partial charge in [0.1, 0.15) is 6.54 Å². The number of benzene rings is 2. The second kappa shape index (κ2) is 7.96. The van der Waals surface area contributed by atoms with Gasteiger partial charge in [0.2, 0.25) is 11.7 Å². The van der Waals surface area contributed by atoms with E-state index >= 15 is 0 Å². The fourth-order valence-corrected chi connectivity index (χ4v) is 2.56. The third kappa shape index (κ3) is 4.48. The first kappa shape index (κ1) is 18.5.